The second kappa shape index (κ2) is 4.97. The van der Waals surface area contributed by atoms with Crippen LogP contribution < -0.4 is 0 Å². The number of sulfonamides is 1. The van der Waals surface area contributed by atoms with Crippen LogP contribution >= 0.6 is 0 Å². The maximum atomic E-state index is 13.2. The fourth-order valence-corrected chi connectivity index (χ4v) is 3.92. The first-order valence-electron chi connectivity index (χ1n) is 6.17. The third kappa shape index (κ3) is 2.57. The first-order valence-corrected chi connectivity index (χ1v) is 7.61. The normalized spacial score (nSPS) is 19.1. The van der Waals surface area contributed by atoms with Crippen LogP contribution in [-0.2, 0) is 10.0 Å². The molecule has 0 saturated carbocycles. The summed E-state index contributed by atoms with van der Waals surface area (Å²) in [5.41, 5.74) is 0.593. The summed E-state index contributed by atoms with van der Waals surface area (Å²) in [6.07, 6.45) is 1.74. The molecule has 0 amide bonds. The first-order chi connectivity index (χ1) is 8.41. The van der Waals surface area contributed by atoms with Gasteiger partial charge in [-0.3, -0.25) is 0 Å². The second-order valence-electron chi connectivity index (χ2n) is 5.00. The topological polar surface area (TPSA) is 37.4 Å². The lowest BCUT2D eigenvalue weighted by Gasteiger charge is -2.29. The van der Waals surface area contributed by atoms with Gasteiger partial charge >= 0.3 is 0 Å². The van der Waals surface area contributed by atoms with Crippen molar-refractivity contribution in [1.29, 1.82) is 0 Å². The van der Waals surface area contributed by atoms with E-state index in [1.165, 1.54) is 16.4 Å². The maximum absolute atomic E-state index is 13.2. The number of rotatable bonds is 2. The minimum atomic E-state index is -3.55. The SMILES string of the molecule is Cc1ccc(F)cc1S(=O)(=O)N1CCC(C)CC1. The number of hydrogen-bond donors (Lipinski definition) is 0. The Balaban J connectivity index is 2.33. The van der Waals surface area contributed by atoms with Crippen molar-refractivity contribution in [3.8, 4) is 0 Å². The summed E-state index contributed by atoms with van der Waals surface area (Å²) in [6, 6.07) is 3.91. The number of aryl methyl sites for hydroxylation is 1. The summed E-state index contributed by atoms with van der Waals surface area (Å²) in [6.45, 7) is 4.87. The molecule has 1 fully saturated rings. The van der Waals surface area contributed by atoms with Gasteiger partial charge in [-0.15, -0.1) is 0 Å². The van der Waals surface area contributed by atoms with Crippen LogP contribution in [0.1, 0.15) is 25.3 Å². The van der Waals surface area contributed by atoms with Crippen LogP contribution in [0.3, 0.4) is 0 Å². The Morgan fingerprint density at radius 1 is 1.28 bits per heavy atom. The van der Waals surface area contributed by atoms with E-state index in [2.05, 4.69) is 6.92 Å². The number of nitrogens with zero attached hydrogens (tertiary/aromatic N) is 1. The maximum Gasteiger partial charge on any atom is 0.243 e. The fourth-order valence-electron chi connectivity index (χ4n) is 2.22. The highest BCUT2D eigenvalue weighted by atomic mass is 32.2. The van der Waals surface area contributed by atoms with Gasteiger partial charge in [0.25, 0.3) is 0 Å². The van der Waals surface area contributed by atoms with Crippen molar-refractivity contribution in [3.05, 3.63) is 29.6 Å². The molecule has 0 spiro atoms. The molecule has 0 aromatic heterocycles. The average Bonchev–Trinajstić information content (AvgIpc) is 2.32. The molecular formula is C13H18FNO2S. The Morgan fingerprint density at radius 2 is 1.89 bits per heavy atom. The van der Waals surface area contributed by atoms with E-state index in [4.69, 9.17) is 0 Å². The van der Waals surface area contributed by atoms with Crippen LogP contribution in [-0.4, -0.2) is 25.8 Å². The van der Waals surface area contributed by atoms with Crippen molar-refractivity contribution in [2.24, 2.45) is 5.92 Å². The van der Waals surface area contributed by atoms with E-state index in [9.17, 15) is 12.8 Å². The molecule has 18 heavy (non-hydrogen) atoms. The van der Waals surface area contributed by atoms with Gasteiger partial charge in [-0.05, 0) is 43.4 Å². The highest BCUT2D eigenvalue weighted by Gasteiger charge is 2.29. The molecule has 1 aliphatic rings. The van der Waals surface area contributed by atoms with Crippen molar-refractivity contribution >= 4 is 10.0 Å². The van der Waals surface area contributed by atoms with Crippen LogP contribution in [0, 0.1) is 18.7 Å². The minimum absolute atomic E-state index is 0.0945. The Labute approximate surface area is 108 Å². The number of halogens is 1. The lowest BCUT2D eigenvalue weighted by molar-refractivity contribution is 0.288. The summed E-state index contributed by atoms with van der Waals surface area (Å²) in [7, 11) is -3.55. The molecule has 5 heteroatoms. The molecule has 0 aliphatic carbocycles. The summed E-state index contributed by atoms with van der Waals surface area (Å²) in [4.78, 5) is 0.0945. The molecule has 1 aliphatic heterocycles. The molecule has 3 nitrogen and oxygen atoms in total. The highest BCUT2D eigenvalue weighted by molar-refractivity contribution is 7.89. The van der Waals surface area contributed by atoms with Gasteiger partial charge in [0, 0.05) is 13.1 Å². The van der Waals surface area contributed by atoms with Crippen LogP contribution in [0.15, 0.2) is 23.1 Å². The van der Waals surface area contributed by atoms with Gasteiger partial charge in [0.2, 0.25) is 10.0 Å². The van der Waals surface area contributed by atoms with Crippen molar-refractivity contribution in [2.75, 3.05) is 13.1 Å². The van der Waals surface area contributed by atoms with Gasteiger partial charge in [0.05, 0.1) is 4.90 Å². The predicted molar refractivity (Wildman–Crippen MR) is 68.3 cm³/mol. The Bertz CT molecular complexity index is 534. The van der Waals surface area contributed by atoms with Gasteiger partial charge in [-0.25, -0.2) is 12.8 Å². The summed E-state index contributed by atoms with van der Waals surface area (Å²) >= 11 is 0. The Hall–Kier alpha value is -0.940. The van der Waals surface area contributed by atoms with Crippen molar-refractivity contribution in [2.45, 2.75) is 31.6 Å². The summed E-state index contributed by atoms with van der Waals surface area (Å²) in [5.74, 6) is 0.0506. The third-order valence-electron chi connectivity index (χ3n) is 3.51. The van der Waals surface area contributed by atoms with Gasteiger partial charge in [0.15, 0.2) is 0 Å². The van der Waals surface area contributed by atoms with E-state index in [1.807, 2.05) is 0 Å². The third-order valence-corrected chi connectivity index (χ3v) is 5.55. The Morgan fingerprint density at radius 3 is 2.50 bits per heavy atom. The molecule has 100 valence electrons. The van der Waals surface area contributed by atoms with Crippen molar-refractivity contribution in [1.82, 2.24) is 4.31 Å². The lowest BCUT2D eigenvalue weighted by Crippen LogP contribution is -2.38. The molecule has 2 rings (SSSR count). The fraction of sp³-hybridized carbons (Fsp3) is 0.538. The van der Waals surface area contributed by atoms with Gasteiger partial charge in [-0.1, -0.05) is 13.0 Å². The summed E-state index contributed by atoms with van der Waals surface area (Å²) < 4.78 is 39.5. The van der Waals surface area contributed by atoms with Gasteiger partial charge in [-0.2, -0.15) is 4.31 Å². The predicted octanol–water partition coefficient (Wildman–Crippen LogP) is 2.55. The number of piperidine rings is 1. The smallest absolute Gasteiger partial charge is 0.207 e. The van der Waals surface area contributed by atoms with Crippen LogP contribution in [0.2, 0.25) is 0 Å². The van der Waals surface area contributed by atoms with E-state index >= 15 is 0 Å². The zero-order valence-electron chi connectivity index (χ0n) is 10.7. The number of hydrogen-bond acceptors (Lipinski definition) is 2. The second-order valence-corrected chi connectivity index (χ2v) is 6.90. The van der Waals surface area contributed by atoms with E-state index < -0.39 is 15.8 Å². The van der Waals surface area contributed by atoms with Gasteiger partial charge < -0.3 is 0 Å². The highest BCUT2D eigenvalue weighted by Crippen LogP contribution is 2.25. The molecule has 0 unspecified atom stereocenters. The first kappa shape index (κ1) is 13.5. The number of benzene rings is 1. The monoisotopic (exact) mass is 271 g/mol. The molecule has 0 N–H and O–H groups in total. The molecule has 1 saturated heterocycles. The molecule has 0 bridgehead atoms. The molecule has 1 aromatic rings. The molecule has 1 heterocycles. The minimum Gasteiger partial charge on any atom is -0.207 e. The van der Waals surface area contributed by atoms with Crippen LogP contribution in [0.25, 0.3) is 0 Å². The standard InChI is InChI=1S/C13H18FNO2S/c1-10-5-7-15(8-6-10)18(16,17)13-9-12(14)4-3-11(13)2/h3-4,9-10H,5-8H2,1-2H3. The van der Waals surface area contributed by atoms with Crippen LogP contribution in [0.5, 0.6) is 0 Å². The lowest BCUT2D eigenvalue weighted by atomic mass is 10.0. The molecular weight excluding hydrogens is 253 g/mol. The zero-order valence-corrected chi connectivity index (χ0v) is 11.5. The van der Waals surface area contributed by atoms with Crippen LogP contribution in [0.4, 0.5) is 4.39 Å². The Kier molecular flexibility index (Phi) is 3.73. The average molecular weight is 271 g/mol. The van der Waals surface area contributed by atoms with Crippen molar-refractivity contribution < 1.29 is 12.8 Å². The van der Waals surface area contributed by atoms with E-state index in [1.54, 1.807) is 6.92 Å². The largest absolute Gasteiger partial charge is 0.243 e. The molecule has 0 radical (unpaired) electrons. The summed E-state index contributed by atoms with van der Waals surface area (Å²) in [5, 5.41) is 0. The van der Waals surface area contributed by atoms with E-state index in [0.717, 1.165) is 18.9 Å². The van der Waals surface area contributed by atoms with E-state index in [0.29, 0.717) is 24.6 Å². The van der Waals surface area contributed by atoms with E-state index in [-0.39, 0.29) is 4.90 Å². The van der Waals surface area contributed by atoms with Gasteiger partial charge in [0.1, 0.15) is 5.82 Å². The molecule has 0 atom stereocenters. The van der Waals surface area contributed by atoms with Crippen molar-refractivity contribution in [3.63, 3.8) is 0 Å². The quantitative estimate of drug-likeness (QED) is 0.829. The zero-order chi connectivity index (χ0) is 13.3. The molecule has 1 aromatic carbocycles.